The van der Waals surface area contributed by atoms with Crippen LogP contribution in [0.25, 0.3) is 11.1 Å². The van der Waals surface area contributed by atoms with Crippen LogP contribution in [0.2, 0.25) is 0 Å². The second-order valence-electron chi connectivity index (χ2n) is 3.91. The van der Waals surface area contributed by atoms with Crippen molar-refractivity contribution in [3.05, 3.63) is 53.8 Å². The van der Waals surface area contributed by atoms with E-state index in [1.165, 1.54) is 26.4 Å². The van der Waals surface area contributed by atoms with Crippen LogP contribution in [0.15, 0.2) is 42.5 Å². The van der Waals surface area contributed by atoms with Crippen molar-refractivity contribution in [1.29, 1.82) is 0 Å². The van der Waals surface area contributed by atoms with Gasteiger partial charge >= 0.3 is 5.97 Å². The van der Waals surface area contributed by atoms with Crippen molar-refractivity contribution in [3.63, 3.8) is 0 Å². The van der Waals surface area contributed by atoms with Crippen LogP contribution in [0.5, 0.6) is 5.75 Å². The zero-order valence-corrected chi connectivity index (χ0v) is 10.6. The van der Waals surface area contributed by atoms with Gasteiger partial charge in [-0.3, -0.25) is 0 Å². The predicted octanol–water partition coefficient (Wildman–Crippen LogP) is 3.29. The summed E-state index contributed by atoms with van der Waals surface area (Å²) in [6, 6.07) is 11.2. The first kappa shape index (κ1) is 13.1. The molecule has 0 aromatic heterocycles. The molecule has 0 saturated carbocycles. The summed E-state index contributed by atoms with van der Waals surface area (Å²) in [6.07, 6.45) is 0. The Morgan fingerprint density at radius 1 is 1.05 bits per heavy atom. The van der Waals surface area contributed by atoms with Crippen LogP contribution in [0.1, 0.15) is 10.4 Å². The molecule has 0 radical (unpaired) electrons. The van der Waals surface area contributed by atoms with Crippen molar-refractivity contribution >= 4 is 5.97 Å². The standard InChI is InChI=1S/C15H13FO3/c1-18-14-9-12(16)7-8-13(14)10-3-5-11(6-4-10)15(17)19-2/h3-9H,1-2H3. The molecule has 0 amide bonds. The third-order valence-corrected chi connectivity index (χ3v) is 2.78. The van der Waals surface area contributed by atoms with E-state index in [4.69, 9.17) is 4.74 Å². The van der Waals surface area contributed by atoms with E-state index in [1.807, 2.05) is 0 Å². The van der Waals surface area contributed by atoms with Crippen LogP contribution < -0.4 is 4.74 Å². The molecule has 0 spiro atoms. The summed E-state index contributed by atoms with van der Waals surface area (Å²) in [4.78, 5) is 11.3. The Balaban J connectivity index is 2.40. The first-order chi connectivity index (χ1) is 9.15. The molecule has 2 rings (SSSR count). The molecule has 4 heteroatoms. The molecule has 2 aromatic carbocycles. The number of hydrogen-bond donors (Lipinski definition) is 0. The first-order valence-electron chi connectivity index (χ1n) is 5.68. The summed E-state index contributed by atoms with van der Waals surface area (Å²) < 4.78 is 22.9. The average molecular weight is 260 g/mol. The van der Waals surface area contributed by atoms with Gasteiger partial charge in [-0.2, -0.15) is 0 Å². The van der Waals surface area contributed by atoms with Gasteiger partial charge in [-0.25, -0.2) is 9.18 Å². The van der Waals surface area contributed by atoms with E-state index in [2.05, 4.69) is 4.74 Å². The summed E-state index contributed by atoms with van der Waals surface area (Å²) in [5.74, 6) is -0.296. The average Bonchev–Trinajstić information content (AvgIpc) is 2.46. The van der Waals surface area contributed by atoms with Gasteiger partial charge in [0.2, 0.25) is 0 Å². The molecule has 2 aromatic rings. The Bertz CT molecular complexity index is 591. The molecule has 0 aliphatic rings. The Hall–Kier alpha value is -2.36. The van der Waals surface area contributed by atoms with Crippen molar-refractivity contribution in [3.8, 4) is 16.9 Å². The smallest absolute Gasteiger partial charge is 0.337 e. The Morgan fingerprint density at radius 3 is 2.32 bits per heavy atom. The molecule has 0 saturated heterocycles. The molecular formula is C15H13FO3. The van der Waals surface area contributed by atoms with E-state index in [0.29, 0.717) is 11.3 Å². The highest BCUT2D eigenvalue weighted by atomic mass is 19.1. The topological polar surface area (TPSA) is 35.5 Å². The monoisotopic (exact) mass is 260 g/mol. The maximum Gasteiger partial charge on any atom is 0.337 e. The van der Waals surface area contributed by atoms with Crippen LogP contribution >= 0.6 is 0 Å². The Kier molecular flexibility index (Phi) is 3.80. The fraction of sp³-hybridized carbons (Fsp3) is 0.133. The number of carbonyl (C=O) groups excluding carboxylic acids is 1. The van der Waals surface area contributed by atoms with E-state index < -0.39 is 5.97 Å². The highest BCUT2D eigenvalue weighted by Gasteiger charge is 2.09. The quantitative estimate of drug-likeness (QED) is 0.794. The predicted molar refractivity (Wildman–Crippen MR) is 69.7 cm³/mol. The molecule has 3 nitrogen and oxygen atoms in total. The fourth-order valence-electron chi connectivity index (χ4n) is 1.81. The molecule has 0 unspecified atom stereocenters. The number of ether oxygens (including phenoxy) is 2. The van der Waals surface area contributed by atoms with Crippen LogP contribution in [0.4, 0.5) is 4.39 Å². The summed E-state index contributed by atoms with van der Waals surface area (Å²) in [7, 11) is 2.82. The van der Waals surface area contributed by atoms with Gasteiger partial charge in [0.25, 0.3) is 0 Å². The van der Waals surface area contributed by atoms with E-state index in [1.54, 1.807) is 30.3 Å². The number of benzene rings is 2. The third-order valence-electron chi connectivity index (χ3n) is 2.78. The maximum absolute atomic E-state index is 13.1. The lowest BCUT2D eigenvalue weighted by Crippen LogP contribution is -2.00. The number of rotatable bonds is 3. The summed E-state index contributed by atoms with van der Waals surface area (Å²) in [5.41, 5.74) is 2.07. The largest absolute Gasteiger partial charge is 0.496 e. The lowest BCUT2D eigenvalue weighted by Gasteiger charge is -2.09. The van der Waals surface area contributed by atoms with Crippen LogP contribution in [-0.2, 0) is 4.74 Å². The van der Waals surface area contributed by atoms with Gasteiger partial charge in [-0.1, -0.05) is 12.1 Å². The van der Waals surface area contributed by atoms with Gasteiger partial charge in [0.15, 0.2) is 0 Å². The van der Waals surface area contributed by atoms with Gasteiger partial charge in [0.05, 0.1) is 19.8 Å². The summed E-state index contributed by atoms with van der Waals surface area (Å²) in [5, 5.41) is 0. The van der Waals surface area contributed by atoms with Crippen molar-refractivity contribution < 1.29 is 18.7 Å². The second-order valence-corrected chi connectivity index (χ2v) is 3.91. The molecule has 0 N–H and O–H groups in total. The highest BCUT2D eigenvalue weighted by Crippen LogP contribution is 2.30. The molecule has 0 fully saturated rings. The SMILES string of the molecule is COC(=O)c1ccc(-c2ccc(F)cc2OC)cc1. The number of esters is 1. The lowest BCUT2D eigenvalue weighted by atomic mass is 10.0. The Labute approximate surface area is 110 Å². The normalized spacial score (nSPS) is 10.1. The van der Waals surface area contributed by atoms with Crippen LogP contribution in [-0.4, -0.2) is 20.2 Å². The maximum atomic E-state index is 13.1. The van der Waals surface area contributed by atoms with Gasteiger partial charge in [-0.05, 0) is 29.8 Å². The third kappa shape index (κ3) is 2.73. The van der Waals surface area contributed by atoms with Gasteiger partial charge in [0, 0.05) is 11.6 Å². The minimum absolute atomic E-state index is 0.355. The molecule has 98 valence electrons. The number of hydrogen-bond acceptors (Lipinski definition) is 3. The molecule has 0 aliphatic heterocycles. The zero-order chi connectivity index (χ0) is 13.8. The van der Waals surface area contributed by atoms with E-state index in [9.17, 15) is 9.18 Å². The highest BCUT2D eigenvalue weighted by molar-refractivity contribution is 5.90. The van der Waals surface area contributed by atoms with Crippen molar-refractivity contribution in [2.45, 2.75) is 0 Å². The van der Waals surface area contributed by atoms with Crippen molar-refractivity contribution in [2.75, 3.05) is 14.2 Å². The minimum Gasteiger partial charge on any atom is -0.496 e. The van der Waals surface area contributed by atoms with Gasteiger partial charge in [-0.15, -0.1) is 0 Å². The van der Waals surface area contributed by atoms with E-state index >= 15 is 0 Å². The minimum atomic E-state index is -0.391. The van der Waals surface area contributed by atoms with E-state index in [-0.39, 0.29) is 5.82 Å². The van der Waals surface area contributed by atoms with E-state index in [0.717, 1.165) is 11.1 Å². The molecule has 19 heavy (non-hydrogen) atoms. The number of carbonyl (C=O) groups is 1. The Morgan fingerprint density at radius 2 is 1.74 bits per heavy atom. The zero-order valence-electron chi connectivity index (χ0n) is 10.6. The molecular weight excluding hydrogens is 247 g/mol. The summed E-state index contributed by atoms with van der Waals surface area (Å²) in [6.45, 7) is 0. The van der Waals surface area contributed by atoms with Gasteiger partial charge < -0.3 is 9.47 Å². The van der Waals surface area contributed by atoms with Gasteiger partial charge in [0.1, 0.15) is 11.6 Å². The molecule has 0 bridgehead atoms. The molecule has 0 heterocycles. The number of halogens is 1. The molecule has 0 aliphatic carbocycles. The van der Waals surface area contributed by atoms with Crippen molar-refractivity contribution in [1.82, 2.24) is 0 Å². The second kappa shape index (κ2) is 5.52. The summed E-state index contributed by atoms with van der Waals surface area (Å²) >= 11 is 0. The van der Waals surface area contributed by atoms with Crippen LogP contribution in [0, 0.1) is 5.82 Å². The van der Waals surface area contributed by atoms with Crippen molar-refractivity contribution in [2.24, 2.45) is 0 Å². The first-order valence-corrected chi connectivity index (χ1v) is 5.68. The lowest BCUT2D eigenvalue weighted by molar-refractivity contribution is 0.0601. The van der Waals surface area contributed by atoms with Crippen LogP contribution in [0.3, 0.4) is 0 Å². The molecule has 0 atom stereocenters. The fourth-order valence-corrected chi connectivity index (χ4v) is 1.81. The number of methoxy groups -OCH3 is 2.